The van der Waals surface area contributed by atoms with Crippen molar-refractivity contribution in [2.24, 2.45) is 5.14 Å². The van der Waals surface area contributed by atoms with Crippen molar-refractivity contribution < 1.29 is 13.2 Å². The summed E-state index contributed by atoms with van der Waals surface area (Å²) in [6.07, 6.45) is 0.156. The van der Waals surface area contributed by atoms with Crippen LogP contribution in [0, 0.1) is 0 Å². The Hall–Kier alpha value is -2.09. The SMILES string of the molecule is CC(C)Oc1ccccc1CN1CCN(c2ccc(S(N)(=O)=O)cc2)CC1. The fourth-order valence-electron chi connectivity index (χ4n) is 3.26. The van der Waals surface area contributed by atoms with Crippen molar-refractivity contribution in [1.82, 2.24) is 4.90 Å². The number of piperazine rings is 1. The molecule has 1 fully saturated rings. The fourth-order valence-corrected chi connectivity index (χ4v) is 3.77. The number of nitrogens with zero attached hydrogens (tertiary/aromatic N) is 2. The highest BCUT2D eigenvalue weighted by Gasteiger charge is 2.19. The Balaban J connectivity index is 1.60. The molecule has 1 aliphatic rings. The van der Waals surface area contributed by atoms with E-state index in [1.165, 1.54) is 5.56 Å². The Bertz CT molecular complexity index is 858. The van der Waals surface area contributed by atoms with E-state index < -0.39 is 10.0 Å². The molecule has 1 aliphatic heterocycles. The summed E-state index contributed by atoms with van der Waals surface area (Å²) in [6, 6.07) is 15.0. The number of rotatable bonds is 6. The molecule has 0 spiro atoms. The monoisotopic (exact) mass is 389 g/mol. The number of sulfonamides is 1. The molecule has 0 bridgehead atoms. The maximum absolute atomic E-state index is 11.4. The number of para-hydroxylation sites is 1. The van der Waals surface area contributed by atoms with Crippen LogP contribution in [0.2, 0.25) is 0 Å². The molecule has 7 heteroatoms. The van der Waals surface area contributed by atoms with Crippen LogP contribution in [0.1, 0.15) is 19.4 Å². The highest BCUT2D eigenvalue weighted by Crippen LogP contribution is 2.23. The van der Waals surface area contributed by atoms with Gasteiger partial charge in [0.2, 0.25) is 10.0 Å². The Morgan fingerprint density at radius 1 is 1.00 bits per heavy atom. The maximum atomic E-state index is 11.4. The molecule has 3 rings (SSSR count). The predicted octanol–water partition coefficient (Wildman–Crippen LogP) is 2.44. The number of hydrogen-bond donors (Lipinski definition) is 1. The topological polar surface area (TPSA) is 75.9 Å². The van der Waals surface area contributed by atoms with E-state index in [4.69, 9.17) is 9.88 Å². The quantitative estimate of drug-likeness (QED) is 0.821. The van der Waals surface area contributed by atoms with Crippen molar-refractivity contribution in [1.29, 1.82) is 0 Å². The number of anilines is 1. The van der Waals surface area contributed by atoms with Gasteiger partial charge in [-0.05, 0) is 44.2 Å². The van der Waals surface area contributed by atoms with E-state index in [0.717, 1.165) is 44.2 Å². The largest absolute Gasteiger partial charge is 0.491 e. The molecule has 0 saturated carbocycles. The number of primary sulfonamides is 1. The van der Waals surface area contributed by atoms with Crippen LogP contribution in [0.5, 0.6) is 5.75 Å². The minimum Gasteiger partial charge on any atom is -0.491 e. The van der Waals surface area contributed by atoms with Gasteiger partial charge in [0.25, 0.3) is 0 Å². The summed E-state index contributed by atoms with van der Waals surface area (Å²) in [6.45, 7) is 8.60. The van der Waals surface area contributed by atoms with Crippen LogP contribution in [0.4, 0.5) is 5.69 Å². The van der Waals surface area contributed by atoms with Gasteiger partial charge in [-0.3, -0.25) is 4.90 Å². The van der Waals surface area contributed by atoms with Gasteiger partial charge in [0, 0.05) is 44.0 Å². The summed E-state index contributed by atoms with van der Waals surface area (Å²) < 4.78 is 28.7. The van der Waals surface area contributed by atoms with Crippen molar-refractivity contribution in [3.05, 3.63) is 54.1 Å². The summed E-state index contributed by atoms with van der Waals surface area (Å²) in [5, 5.41) is 5.16. The lowest BCUT2D eigenvalue weighted by atomic mass is 10.1. The van der Waals surface area contributed by atoms with Gasteiger partial charge in [0.15, 0.2) is 0 Å². The standard InChI is InChI=1S/C20H27N3O3S/c1-16(2)26-20-6-4-3-5-17(20)15-22-11-13-23(14-12-22)18-7-9-19(10-8-18)27(21,24)25/h3-10,16H,11-15H2,1-2H3,(H2,21,24,25). The number of benzene rings is 2. The molecule has 2 aromatic carbocycles. The first-order valence-electron chi connectivity index (χ1n) is 9.17. The van der Waals surface area contributed by atoms with Crippen molar-refractivity contribution >= 4 is 15.7 Å². The Morgan fingerprint density at radius 2 is 1.63 bits per heavy atom. The van der Waals surface area contributed by atoms with Crippen molar-refractivity contribution in [3.63, 3.8) is 0 Å². The van der Waals surface area contributed by atoms with Crippen LogP contribution in [0.15, 0.2) is 53.4 Å². The second kappa shape index (κ2) is 8.29. The summed E-state index contributed by atoms with van der Waals surface area (Å²) in [5.74, 6) is 0.952. The van der Waals surface area contributed by atoms with Gasteiger partial charge in [-0.25, -0.2) is 13.6 Å². The second-order valence-electron chi connectivity index (χ2n) is 7.08. The number of hydrogen-bond acceptors (Lipinski definition) is 5. The van der Waals surface area contributed by atoms with Crippen molar-refractivity contribution in [2.75, 3.05) is 31.1 Å². The van der Waals surface area contributed by atoms with Crippen molar-refractivity contribution in [3.8, 4) is 5.75 Å². The van der Waals surface area contributed by atoms with E-state index in [-0.39, 0.29) is 11.0 Å². The molecule has 6 nitrogen and oxygen atoms in total. The zero-order valence-corrected chi connectivity index (χ0v) is 16.7. The highest BCUT2D eigenvalue weighted by molar-refractivity contribution is 7.89. The highest BCUT2D eigenvalue weighted by atomic mass is 32.2. The third-order valence-electron chi connectivity index (χ3n) is 4.63. The van der Waals surface area contributed by atoms with Crippen LogP contribution in [0.25, 0.3) is 0 Å². The van der Waals surface area contributed by atoms with E-state index in [1.54, 1.807) is 12.1 Å². The minimum atomic E-state index is -3.65. The van der Waals surface area contributed by atoms with Gasteiger partial charge in [-0.1, -0.05) is 18.2 Å². The third kappa shape index (κ3) is 5.22. The number of ether oxygens (including phenoxy) is 1. The van der Waals surface area contributed by atoms with Crippen LogP contribution in [-0.4, -0.2) is 45.6 Å². The van der Waals surface area contributed by atoms with E-state index >= 15 is 0 Å². The molecule has 0 radical (unpaired) electrons. The van der Waals surface area contributed by atoms with Crippen molar-refractivity contribution in [2.45, 2.75) is 31.4 Å². The van der Waals surface area contributed by atoms with Gasteiger partial charge in [0.1, 0.15) is 5.75 Å². The molecule has 2 N–H and O–H groups in total. The van der Waals surface area contributed by atoms with Crippen LogP contribution >= 0.6 is 0 Å². The zero-order chi connectivity index (χ0) is 19.4. The molecule has 2 aromatic rings. The van der Waals surface area contributed by atoms with Gasteiger partial charge >= 0.3 is 0 Å². The molecule has 1 heterocycles. The summed E-state index contributed by atoms with van der Waals surface area (Å²) in [5.41, 5.74) is 2.22. The van der Waals surface area contributed by atoms with E-state index in [1.807, 2.05) is 44.2 Å². The molecule has 0 atom stereocenters. The first kappa shape index (κ1) is 19.7. The average Bonchev–Trinajstić information content (AvgIpc) is 2.63. The normalized spacial score (nSPS) is 15.9. The molecule has 0 aliphatic carbocycles. The third-order valence-corrected chi connectivity index (χ3v) is 5.56. The second-order valence-corrected chi connectivity index (χ2v) is 8.64. The lowest BCUT2D eigenvalue weighted by Gasteiger charge is -2.36. The van der Waals surface area contributed by atoms with Crippen LogP contribution in [-0.2, 0) is 16.6 Å². The van der Waals surface area contributed by atoms with E-state index in [2.05, 4.69) is 15.9 Å². The Morgan fingerprint density at radius 3 is 2.22 bits per heavy atom. The average molecular weight is 390 g/mol. The first-order chi connectivity index (χ1) is 12.8. The number of nitrogens with two attached hydrogens (primary N) is 1. The van der Waals surface area contributed by atoms with Crippen LogP contribution < -0.4 is 14.8 Å². The fraction of sp³-hybridized carbons (Fsp3) is 0.400. The van der Waals surface area contributed by atoms with Gasteiger partial charge in [-0.15, -0.1) is 0 Å². The van der Waals surface area contributed by atoms with Gasteiger partial charge in [0.05, 0.1) is 11.0 Å². The molecule has 1 saturated heterocycles. The van der Waals surface area contributed by atoms with E-state index in [0.29, 0.717) is 0 Å². The predicted molar refractivity (Wildman–Crippen MR) is 108 cm³/mol. The summed E-state index contributed by atoms with van der Waals surface area (Å²) in [7, 11) is -3.65. The summed E-state index contributed by atoms with van der Waals surface area (Å²) >= 11 is 0. The minimum absolute atomic E-state index is 0.145. The molecule has 0 amide bonds. The molecule has 0 unspecified atom stereocenters. The lowest BCUT2D eigenvalue weighted by molar-refractivity contribution is 0.222. The Labute approximate surface area is 161 Å². The molecular formula is C20H27N3O3S. The zero-order valence-electron chi connectivity index (χ0n) is 15.8. The molecule has 0 aromatic heterocycles. The van der Waals surface area contributed by atoms with E-state index in [9.17, 15) is 8.42 Å². The molecule has 146 valence electrons. The summed E-state index contributed by atoms with van der Waals surface area (Å²) in [4.78, 5) is 4.82. The smallest absolute Gasteiger partial charge is 0.238 e. The first-order valence-corrected chi connectivity index (χ1v) is 10.7. The Kier molecular flexibility index (Phi) is 6.04. The molecule has 27 heavy (non-hydrogen) atoms. The lowest BCUT2D eigenvalue weighted by Crippen LogP contribution is -2.46. The molecular weight excluding hydrogens is 362 g/mol. The van der Waals surface area contributed by atoms with Gasteiger partial charge in [-0.2, -0.15) is 0 Å². The van der Waals surface area contributed by atoms with Crippen LogP contribution in [0.3, 0.4) is 0 Å². The van der Waals surface area contributed by atoms with Gasteiger partial charge < -0.3 is 9.64 Å². The maximum Gasteiger partial charge on any atom is 0.238 e.